The Kier molecular flexibility index (Phi) is 4.53. The molecule has 1 amide bonds. The molecule has 1 saturated heterocycles. The maximum atomic E-state index is 12.3. The minimum atomic E-state index is -0.124. The van der Waals surface area contributed by atoms with Gasteiger partial charge in [0.1, 0.15) is 11.5 Å². The standard InChI is InChI=1S/C19H21N5O2/c1-14-13-24(8-9-26-14)17-3-2-15(11-21-17)12-22-19(25)16-4-6-23-7-5-20-18(23)10-16/h2-7,10-11,14H,8-9,12-13H2,1H3,(H,22,25). The number of nitrogens with one attached hydrogen (secondary N) is 1. The Morgan fingerprint density at radius 2 is 2.23 bits per heavy atom. The summed E-state index contributed by atoms with van der Waals surface area (Å²) < 4.78 is 7.43. The van der Waals surface area contributed by atoms with Gasteiger partial charge in [0, 0.05) is 50.0 Å². The van der Waals surface area contributed by atoms with Crippen LogP contribution in [-0.4, -0.2) is 46.1 Å². The highest BCUT2D eigenvalue weighted by Crippen LogP contribution is 2.15. The summed E-state index contributed by atoms with van der Waals surface area (Å²) in [6.07, 6.45) is 7.42. The molecule has 1 atom stereocenters. The molecule has 7 nitrogen and oxygen atoms in total. The second-order valence-corrected chi connectivity index (χ2v) is 6.44. The fourth-order valence-corrected chi connectivity index (χ4v) is 3.07. The molecule has 0 radical (unpaired) electrons. The number of carbonyl (C=O) groups is 1. The summed E-state index contributed by atoms with van der Waals surface area (Å²) in [4.78, 5) is 23.3. The minimum absolute atomic E-state index is 0.124. The van der Waals surface area contributed by atoms with Crippen LogP contribution in [0.1, 0.15) is 22.8 Å². The lowest BCUT2D eigenvalue weighted by Crippen LogP contribution is -2.41. The lowest BCUT2D eigenvalue weighted by atomic mass is 10.2. The lowest BCUT2D eigenvalue weighted by molar-refractivity contribution is 0.0529. The normalized spacial score (nSPS) is 17.4. The van der Waals surface area contributed by atoms with Gasteiger partial charge in [0.05, 0.1) is 12.7 Å². The largest absolute Gasteiger partial charge is 0.375 e. The molecule has 3 aromatic rings. The molecule has 0 saturated carbocycles. The van der Waals surface area contributed by atoms with Crippen LogP contribution in [-0.2, 0) is 11.3 Å². The van der Waals surface area contributed by atoms with Crippen molar-refractivity contribution in [1.82, 2.24) is 19.7 Å². The SMILES string of the molecule is CC1CN(c2ccc(CNC(=O)c3ccn4ccnc4c3)cn2)CCO1. The first kappa shape index (κ1) is 16.5. The minimum Gasteiger partial charge on any atom is -0.375 e. The Balaban J connectivity index is 1.37. The molecular weight excluding hydrogens is 330 g/mol. The molecule has 26 heavy (non-hydrogen) atoms. The van der Waals surface area contributed by atoms with Crippen molar-refractivity contribution in [2.75, 3.05) is 24.6 Å². The van der Waals surface area contributed by atoms with Crippen LogP contribution in [0.2, 0.25) is 0 Å². The topological polar surface area (TPSA) is 71.8 Å². The van der Waals surface area contributed by atoms with Crippen molar-refractivity contribution in [3.63, 3.8) is 0 Å². The van der Waals surface area contributed by atoms with Gasteiger partial charge in [-0.05, 0) is 30.7 Å². The van der Waals surface area contributed by atoms with Gasteiger partial charge in [-0.25, -0.2) is 9.97 Å². The Bertz CT molecular complexity index is 906. The highest BCUT2D eigenvalue weighted by Gasteiger charge is 2.17. The predicted octanol–water partition coefficient (Wildman–Crippen LogP) is 1.88. The van der Waals surface area contributed by atoms with E-state index in [1.165, 1.54) is 0 Å². The Morgan fingerprint density at radius 1 is 1.31 bits per heavy atom. The molecule has 4 rings (SSSR count). The number of hydrogen-bond acceptors (Lipinski definition) is 5. The van der Waals surface area contributed by atoms with Crippen molar-refractivity contribution < 1.29 is 9.53 Å². The fraction of sp³-hybridized carbons (Fsp3) is 0.316. The van der Waals surface area contributed by atoms with Gasteiger partial charge in [0.15, 0.2) is 0 Å². The molecule has 1 unspecified atom stereocenters. The van der Waals surface area contributed by atoms with E-state index in [2.05, 4.69) is 27.1 Å². The number of carbonyl (C=O) groups excluding carboxylic acids is 1. The van der Waals surface area contributed by atoms with Crippen LogP contribution in [0.5, 0.6) is 0 Å². The number of rotatable bonds is 4. The maximum Gasteiger partial charge on any atom is 0.251 e. The predicted molar refractivity (Wildman–Crippen MR) is 98.2 cm³/mol. The number of ether oxygens (including phenoxy) is 1. The van der Waals surface area contributed by atoms with Crippen LogP contribution >= 0.6 is 0 Å². The maximum absolute atomic E-state index is 12.3. The van der Waals surface area contributed by atoms with Crippen molar-refractivity contribution >= 4 is 17.4 Å². The van der Waals surface area contributed by atoms with E-state index in [4.69, 9.17) is 4.74 Å². The van der Waals surface area contributed by atoms with Crippen LogP contribution in [0, 0.1) is 0 Å². The van der Waals surface area contributed by atoms with Crippen LogP contribution in [0.3, 0.4) is 0 Å². The van der Waals surface area contributed by atoms with Crippen molar-refractivity contribution in [2.45, 2.75) is 19.6 Å². The molecule has 3 aromatic heterocycles. The van der Waals surface area contributed by atoms with Crippen molar-refractivity contribution in [3.05, 3.63) is 60.2 Å². The van der Waals surface area contributed by atoms with Crippen LogP contribution < -0.4 is 10.2 Å². The Labute approximate surface area is 151 Å². The number of amides is 1. The van der Waals surface area contributed by atoms with Gasteiger partial charge in [-0.3, -0.25) is 4.79 Å². The van der Waals surface area contributed by atoms with E-state index in [9.17, 15) is 4.79 Å². The first-order valence-corrected chi connectivity index (χ1v) is 8.71. The lowest BCUT2D eigenvalue weighted by Gasteiger charge is -2.32. The summed E-state index contributed by atoms with van der Waals surface area (Å²) in [7, 11) is 0. The van der Waals surface area contributed by atoms with Gasteiger partial charge in [0.25, 0.3) is 5.91 Å². The molecule has 0 bridgehead atoms. The van der Waals surface area contributed by atoms with E-state index in [0.717, 1.165) is 36.7 Å². The average Bonchev–Trinajstić information content (AvgIpc) is 3.14. The second-order valence-electron chi connectivity index (χ2n) is 6.44. The molecule has 0 aromatic carbocycles. The van der Waals surface area contributed by atoms with E-state index in [1.807, 2.05) is 35.1 Å². The summed E-state index contributed by atoms with van der Waals surface area (Å²) in [6.45, 7) is 4.92. The first-order chi connectivity index (χ1) is 12.7. The third kappa shape index (κ3) is 3.52. The second kappa shape index (κ2) is 7.13. The van der Waals surface area contributed by atoms with Gasteiger partial charge < -0.3 is 19.4 Å². The van der Waals surface area contributed by atoms with Crippen LogP contribution in [0.25, 0.3) is 5.65 Å². The van der Waals surface area contributed by atoms with Crippen LogP contribution in [0.4, 0.5) is 5.82 Å². The van der Waals surface area contributed by atoms with Crippen LogP contribution in [0.15, 0.2) is 49.1 Å². The highest BCUT2D eigenvalue weighted by molar-refractivity contribution is 5.94. The third-order valence-corrected chi connectivity index (χ3v) is 4.49. The number of pyridine rings is 2. The van der Waals surface area contributed by atoms with Gasteiger partial charge in [0.2, 0.25) is 0 Å². The molecule has 1 aliphatic rings. The van der Waals surface area contributed by atoms with Gasteiger partial charge in [-0.1, -0.05) is 6.07 Å². The number of aromatic nitrogens is 3. The Hall–Kier alpha value is -2.93. The number of morpholine rings is 1. The molecule has 1 N–H and O–H groups in total. The quantitative estimate of drug-likeness (QED) is 0.777. The molecule has 0 spiro atoms. The summed E-state index contributed by atoms with van der Waals surface area (Å²) >= 11 is 0. The van der Waals surface area contributed by atoms with E-state index < -0.39 is 0 Å². The van der Waals surface area contributed by atoms with E-state index in [0.29, 0.717) is 12.1 Å². The first-order valence-electron chi connectivity index (χ1n) is 8.71. The number of fused-ring (bicyclic) bond motifs is 1. The monoisotopic (exact) mass is 351 g/mol. The van der Waals surface area contributed by atoms with E-state index in [1.54, 1.807) is 18.3 Å². The zero-order valence-corrected chi connectivity index (χ0v) is 14.6. The molecule has 1 fully saturated rings. The average molecular weight is 351 g/mol. The smallest absolute Gasteiger partial charge is 0.251 e. The summed E-state index contributed by atoms with van der Waals surface area (Å²) in [5, 5.41) is 2.93. The molecule has 1 aliphatic heterocycles. The number of imidazole rings is 1. The third-order valence-electron chi connectivity index (χ3n) is 4.49. The Morgan fingerprint density at radius 3 is 3.04 bits per heavy atom. The summed E-state index contributed by atoms with van der Waals surface area (Å²) in [6, 6.07) is 7.55. The van der Waals surface area contributed by atoms with Gasteiger partial charge in [-0.2, -0.15) is 0 Å². The van der Waals surface area contributed by atoms with Crippen molar-refractivity contribution in [1.29, 1.82) is 0 Å². The molecular formula is C19H21N5O2. The zero-order chi connectivity index (χ0) is 17.9. The number of hydrogen-bond donors (Lipinski definition) is 1. The molecule has 4 heterocycles. The molecule has 0 aliphatic carbocycles. The van der Waals surface area contributed by atoms with E-state index in [-0.39, 0.29) is 12.0 Å². The molecule has 134 valence electrons. The zero-order valence-electron chi connectivity index (χ0n) is 14.6. The van der Waals surface area contributed by atoms with E-state index >= 15 is 0 Å². The van der Waals surface area contributed by atoms with Crippen molar-refractivity contribution in [2.24, 2.45) is 0 Å². The highest BCUT2D eigenvalue weighted by atomic mass is 16.5. The molecule has 7 heteroatoms. The number of anilines is 1. The summed E-state index contributed by atoms with van der Waals surface area (Å²) in [5.74, 6) is 0.821. The van der Waals surface area contributed by atoms with Crippen molar-refractivity contribution in [3.8, 4) is 0 Å². The fourth-order valence-electron chi connectivity index (χ4n) is 3.07. The number of nitrogens with zero attached hydrogens (tertiary/aromatic N) is 4. The van der Waals surface area contributed by atoms with Gasteiger partial charge in [-0.15, -0.1) is 0 Å². The van der Waals surface area contributed by atoms with Gasteiger partial charge >= 0.3 is 0 Å². The summed E-state index contributed by atoms with van der Waals surface area (Å²) in [5.41, 5.74) is 2.31.